The van der Waals surface area contributed by atoms with Crippen LogP contribution >= 0.6 is 0 Å². The topological polar surface area (TPSA) is 180 Å². The number of hydrogen-bond donors (Lipinski definition) is 4. The van der Waals surface area contributed by atoms with E-state index in [0.717, 1.165) is 49.0 Å². The van der Waals surface area contributed by atoms with Crippen LogP contribution in [0.1, 0.15) is 83.0 Å². The highest BCUT2D eigenvalue weighted by Crippen LogP contribution is 2.45. The zero-order valence-corrected chi connectivity index (χ0v) is 28.8. The van der Waals surface area contributed by atoms with Crippen LogP contribution in [0.25, 0.3) is 0 Å². The first-order valence-electron chi connectivity index (χ1n) is 16.6. The van der Waals surface area contributed by atoms with Crippen molar-refractivity contribution < 1.29 is 48.8 Å². The largest absolute Gasteiger partial charge is 0.478 e. The molecule has 12 nitrogen and oxygen atoms in total. The summed E-state index contributed by atoms with van der Waals surface area (Å²) in [5, 5.41) is 31.9. The third-order valence-corrected chi connectivity index (χ3v) is 9.53. The molecule has 5 rings (SSSR count). The fraction of sp³-hybridized carbons (Fsp3) is 0.395. The van der Waals surface area contributed by atoms with Crippen LogP contribution in [0.3, 0.4) is 0 Å². The van der Waals surface area contributed by atoms with Crippen LogP contribution in [0, 0.1) is 13.8 Å². The van der Waals surface area contributed by atoms with Crippen LogP contribution in [0.4, 0.5) is 10.5 Å². The number of carboxylic acid groups (broad SMARTS) is 3. The monoisotopic (exact) mass is 688 g/mol. The Morgan fingerprint density at radius 3 is 1.70 bits per heavy atom. The molecule has 266 valence electrons. The third-order valence-electron chi connectivity index (χ3n) is 9.53. The number of anilines is 1. The summed E-state index contributed by atoms with van der Waals surface area (Å²) < 4.78 is 9.64. The molecule has 1 aliphatic carbocycles. The first-order valence-corrected chi connectivity index (χ1v) is 16.6. The lowest BCUT2D eigenvalue weighted by molar-refractivity contribution is -0.166. The molecule has 4 N–H and O–H groups in total. The number of carboxylic acids is 2. The summed E-state index contributed by atoms with van der Waals surface area (Å²) in [4.78, 5) is 60.7. The van der Waals surface area contributed by atoms with Crippen LogP contribution in [-0.2, 0) is 30.9 Å². The van der Waals surface area contributed by atoms with Crippen molar-refractivity contribution in [1.29, 1.82) is 0 Å². The number of nitrogens with zero attached hydrogens (tertiary/aromatic N) is 1. The molecular formula is C38H44N2O10. The van der Waals surface area contributed by atoms with E-state index in [0.29, 0.717) is 6.04 Å². The van der Waals surface area contributed by atoms with Crippen molar-refractivity contribution in [1.82, 2.24) is 5.32 Å². The van der Waals surface area contributed by atoms with Gasteiger partial charge < -0.3 is 30.1 Å². The number of carbonyl (C=O) groups excluding carboxylic acids is 2. The maximum absolute atomic E-state index is 12.2. The summed E-state index contributed by atoms with van der Waals surface area (Å²) >= 11 is 0. The first kappa shape index (κ1) is 37.6. The standard InChI is InChI=1S/C20H18O8.C18H26N2O2/c1-11-3-7-13(8-4-11)19(25)27-15(17(21)22)16(18(23)24)28-20(26)14-9-5-12(2)6-10-14;1-4-13(5-2)20(17(21)22)14-7-6-12-10-16-18(3,8-9-19-16)15(12)11-14/h3-10,15-16H,1-2H3,(H,21,22)(H,23,24);6-7,11,13,16,19H,4-5,8-10H2,1-3H3,(H,21,22)/t15-,16-;16-,18+/m11/s1. The van der Waals surface area contributed by atoms with Crippen LogP contribution < -0.4 is 10.2 Å². The van der Waals surface area contributed by atoms with E-state index in [9.17, 15) is 39.3 Å². The summed E-state index contributed by atoms with van der Waals surface area (Å²) in [6.07, 6.45) is -1.43. The van der Waals surface area contributed by atoms with Crippen molar-refractivity contribution in [2.24, 2.45) is 0 Å². The van der Waals surface area contributed by atoms with E-state index >= 15 is 0 Å². The van der Waals surface area contributed by atoms with Gasteiger partial charge in [-0.2, -0.15) is 0 Å². The zero-order valence-electron chi connectivity index (χ0n) is 28.8. The number of aliphatic carboxylic acids is 2. The Balaban J connectivity index is 0.000000231. The van der Waals surface area contributed by atoms with Gasteiger partial charge in [-0.3, -0.25) is 4.90 Å². The van der Waals surface area contributed by atoms with Crippen molar-refractivity contribution in [3.05, 3.63) is 100 Å². The lowest BCUT2D eigenvalue weighted by Crippen LogP contribution is -2.45. The molecule has 0 saturated carbocycles. The number of fused-ring (bicyclic) bond motifs is 3. The van der Waals surface area contributed by atoms with Gasteiger partial charge in [-0.05, 0) is 93.6 Å². The minimum absolute atomic E-state index is 0.0332. The summed E-state index contributed by atoms with van der Waals surface area (Å²) in [7, 11) is 0. The van der Waals surface area contributed by atoms with E-state index < -0.39 is 42.2 Å². The number of hydrogen-bond acceptors (Lipinski definition) is 8. The second-order valence-electron chi connectivity index (χ2n) is 12.9. The van der Waals surface area contributed by atoms with Crippen LogP contribution in [0.5, 0.6) is 0 Å². The SMILES string of the molecule is CCC(CC)N(C(=O)O)c1ccc2c(c1)[C@]1(C)CCN[C@@H]1C2.Cc1ccc(C(=O)O[C@@H](C(=O)O)[C@@H](OC(=O)c2ccc(C)cc2)C(=O)O)cc1. The summed E-state index contributed by atoms with van der Waals surface area (Å²) in [6, 6.07) is 18.9. The van der Waals surface area contributed by atoms with E-state index in [-0.39, 0.29) is 22.6 Å². The van der Waals surface area contributed by atoms with E-state index in [1.165, 1.54) is 35.4 Å². The third kappa shape index (κ3) is 8.31. The van der Waals surface area contributed by atoms with Crippen LogP contribution in [0.15, 0.2) is 66.7 Å². The lowest BCUT2D eigenvalue weighted by Gasteiger charge is -2.30. The molecule has 1 fully saturated rings. The highest BCUT2D eigenvalue weighted by atomic mass is 16.6. The Hall–Kier alpha value is -5.23. The molecule has 3 aromatic rings. The molecule has 3 aromatic carbocycles. The highest BCUT2D eigenvalue weighted by Gasteiger charge is 2.46. The molecule has 0 radical (unpaired) electrons. The van der Waals surface area contributed by atoms with Crippen LogP contribution in [0.2, 0.25) is 0 Å². The summed E-state index contributed by atoms with van der Waals surface area (Å²) in [5.41, 5.74) is 5.49. The van der Waals surface area contributed by atoms with Gasteiger partial charge in [-0.1, -0.05) is 62.2 Å². The minimum Gasteiger partial charge on any atom is -0.478 e. The molecule has 0 bridgehead atoms. The fourth-order valence-electron chi connectivity index (χ4n) is 6.53. The minimum atomic E-state index is -2.22. The smallest absolute Gasteiger partial charge is 0.412 e. The zero-order chi connectivity index (χ0) is 36.7. The number of rotatable bonds is 11. The predicted molar refractivity (Wildman–Crippen MR) is 185 cm³/mol. The molecule has 1 saturated heterocycles. The average molecular weight is 689 g/mol. The van der Waals surface area contributed by atoms with Gasteiger partial charge in [-0.25, -0.2) is 24.0 Å². The Labute approximate surface area is 291 Å². The number of ether oxygens (including phenoxy) is 2. The Morgan fingerprint density at radius 2 is 1.28 bits per heavy atom. The molecule has 50 heavy (non-hydrogen) atoms. The van der Waals surface area contributed by atoms with E-state index in [4.69, 9.17) is 9.47 Å². The van der Waals surface area contributed by atoms with Gasteiger partial charge in [0, 0.05) is 23.2 Å². The molecule has 4 atom stereocenters. The van der Waals surface area contributed by atoms with E-state index in [2.05, 4.69) is 38.2 Å². The van der Waals surface area contributed by atoms with Gasteiger partial charge in [0.2, 0.25) is 12.2 Å². The molecule has 0 aromatic heterocycles. The van der Waals surface area contributed by atoms with Crippen molar-refractivity contribution in [2.45, 2.75) is 90.0 Å². The van der Waals surface area contributed by atoms with Crippen molar-refractivity contribution in [3.63, 3.8) is 0 Å². The van der Waals surface area contributed by atoms with Gasteiger partial charge in [0.15, 0.2) is 0 Å². The molecule has 12 heteroatoms. The van der Waals surface area contributed by atoms with Gasteiger partial charge >= 0.3 is 30.0 Å². The molecular weight excluding hydrogens is 644 g/mol. The Kier molecular flexibility index (Phi) is 12.0. The second kappa shape index (κ2) is 16.0. The molecule has 1 amide bonds. The summed E-state index contributed by atoms with van der Waals surface area (Å²) in [6.45, 7) is 11.1. The normalized spacial score (nSPS) is 18.5. The fourth-order valence-corrected chi connectivity index (χ4v) is 6.53. The Morgan fingerprint density at radius 1 is 0.800 bits per heavy atom. The Bertz CT molecular complexity index is 1640. The average Bonchev–Trinajstić information content (AvgIpc) is 3.58. The van der Waals surface area contributed by atoms with Gasteiger partial charge in [-0.15, -0.1) is 0 Å². The maximum atomic E-state index is 12.2. The second-order valence-corrected chi connectivity index (χ2v) is 12.9. The number of carbonyl (C=O) groups is 5. The van der Waals surface area contributed by atoms with Gasteiger partial charge in [0.05, 0.1) is 11.1 Å². The number of nitrogens with one attached hydrogen (secondary N) is 1. The van der Waals surface area contributed by atoms with Crippen molar-refractivity contribution in [2.75, 3.05) is 11.4 Å². The number of benzene rings is 3. The molecule has 0 unspecified atom stereocenters. The number of aryl methyl sites for hydroxylation is 2. The highest BCUT2D eigenvalue weighted by molar-refractivity contribution is 5.95. The molecule has 2 aliphatic rings. The van der Waals surface area contributed by atoms with Crippen LogP contribution in [-0.4, -0.2) is 76.1 Å². The van der Waals surface area contributed by atoms with E-state index in [1.54, 1.807) is 43.0 Å². The first-order chi connectivity index (χ1) is 23.7. The van der Waals surface area contributed by atoms with Crippen molar-refractivity contribution >= 4 is 35.7 Å². The molecule has 1 aliphatic heterocycles. The molecule has 1 heterocycles. The van der Waals surface area contributed by atoms with Gasteiger partial charge in [0.1, 0.15) is 0 Å². The molecule has 0 spiro atoms. The van der Waals surface area contributed by atoms with Crippen molar-refractivity contribution in [3.8, 4) is 0 Å². The lowest BCUT2D eigenvalue weighted by atomic mass is 9.80. The maximum Gasteiger partial charge on any atom is 0.412 e. The predicted octanol–water partition coefficient (Wildman–Crippen LogP) is 5.76. The number of amides is 1. The quantitative estimate of drug-likeness (QED) is 0.180. The number of esters is 2. The summed E-state index contributed by atoms with van der Waals surface area (Å²) in [5.74, 6) is -5.62. The van der Waals surface area contributed by atoms with Gasteiger partial charge in [0.25, 0.3) is 0 Å². The van der Waals surface area contributed by atoms with E-state index in [1.807, 2.05) is 6.07 Å².